The van der Waals surface area contributed by atoms with Crippen LogP contribution in [-0.4, -0.2) is 21.8 Å². The van der Waals surface area contributed by atoms with E-state index in [2.05, 4.69) is 20.6 Å². The number of nitrogens with two attached hydrogens (primary N) is 1. The lowest BCUT2D eigenvalue weighted by atomic mass is 9.99. The minimum absolute atomic E-state index is 0.197. The molecule has 2 rings (SSSR count). The highest BCUT2D eigenvalue weighted by Gasteiger charge is 2.17. The average Bonchev–Trinajstić information content (AvgIpc) is 2.44. The molecule has 0 radical (unpaired) electrons. The fourth-order valence-electron chi connectivity index (χ4n) is 2.07. The van der Waals surface area contributed by atoms with E-state index >= 15 is 0 Å². The molecule has 1 atom stereocenters. The Kier molecular flexibility index (Phi) is 4.60. The molecule has 2 aromatic heterocycles. The second-order valence-corrected chi connectivity index (χ2v) is 4.51. The molecule has 0 aliphatic heterocycles. The summed E-state index contributed by atoms with van der Waals surface area (Å²) in [5, 5.41) is 8.17. The van der Waals surface area contributed by atoms with Gasteiger partial charge < -0.3 is 4.74 Å². The monoisotopic (exact) mass is 273 g/mol. The molecule has 2 aromatic rings. The van der Waals surface area contributed by atoms with E-state index in [1.807, 2.05) is 32.9 Å². The van der Waals surface area contributed by atoms with E-state index in [-0.39, 0.29) is 6.04 Å². The topological polar surface area (TPSA) is 86.0 Å². The number of hydrogen-bond acceptors (Lipinski definition) is 6. The van der Waals surface area contributed by atoms with Gasteiger partial charge in [0.1, 0.15) is 5.75 Å². The molecule has 106 valence electrons. The maximum atomic E-state index is 5.71. The zero-order chi connectivity index (χ0) is 14.5. The molecule has 0 aliphatic rings. The van der Waals surface area contributed by atoms with Crippen LogP contribution < -0.4 is 16.0 Å². The second kappa shape index (κ2) is 6.40. The summed E-state index contributed by atoms with van der Waals surface area (Å²) in [6.07, 6.45) is 3.45. The maximum Gasteiger partial charge on any atom is 0.137 e. The molecule has 2 heterocycles. The molecule has 0 amide bonds. The van der Waals surface area contributed by atoms with Gasteiger partial charge in [-0.3, -0.25) is 10.8 Å². The van der Waals surface area contributed by atoms with Crippen molar-refractivity contribution in [3.8, 4) is 5.75 Å². The van der Waals surface area contributed by atoms with Gasteiger partial charge in [0, 0.05) is 6.20 Å². The van der Waals surface area contributed by atoms with Crippen LogP contribution in [0.2, 0.25) is 0 Å². The van der Waals surface area contributed by atoms with Crippen molar-refractivity contribution in [2.75, 3.05) is 6.61 Å². The molecule has 1 unspecified atom stereocenters. The van der Waals surface area contributed by atoms with E-state index in [9.17, 15) is 0 Å². The van der Waals surface area contributed by atoms with Gasteiger partial charge in [-0.05, 0) is 44.0 Å². The van der Waals surface area contributed by atoms with Gasteiger partial charge in [0.05, 0.1) is 30.2 Å². The summed E-state index contributed by atoms with van der Waals surface area (Å²) >= 11 is 0. The Hall–Kier alpha value is -2.05. The van der Waals surface area contributed by atoms with E-state index in [0.717, 1.165) is 28.3 Å². The van der Waals surface area contributed by atoms with E-state index in [1.165, 1.54) is 0 Å². The van der Waals surface area contributed by atoms with Gasteiger partial charge in [-0.2, -0.15) is 10.2 Å². The number of pyridine rings is 1. The Balaban J connectivity index is 2.41. The van der Waals surface area contributed by atoms with Crippen molar-refractivity contribution in [2.45, 2.75) is 26.8 Å². The molecule has 6 nitrogen and oxygen atoms in total. The molecule has 0 aromatic carbocycles. The minimum atomic E-state index is -0.197. The molecule has 3 N–H and O–H groups in total. The van der Waals surface area contributed by atoms with Crippen molar-refractivity contribution in [1.82, 2.24) is 20.6 Å². The van der Waals surface area contributed by atoms with Gasteiger partial charge >= 0.3 is 0 Å². The summed E-state index contributed by atoms with van der Waals surface area (Å²) in [4.78, 5) is 4.19. The van der Waals surface area contributed by atoms with Crippen molar-refractivity contribution < 1.29 is 4.74 Å². The molecular weight excluding hydrogens is 254 g/mol. The Morgan fingerprint density at radius 3 is 2.75 bits per heavy atom. The predicted molar refractivity (Wildman–Crippen MR) is 76.1 cm³/mol. The van der Waals surface area contributed by atoms with Crippen LogP contribution in [0.1, 0.15) is 35.5 Å². The zero-order valence-corrected chi connectivity index (χ0v) is 11.9. The molecule has 6 heteroatoms. The Bertz CT molecular complexity index is 588. The lowest BCUT2D eigenvalue weighted by molar-refractivity contribution is 0.338. The number of nitrogens with one attached hydrogen (secondary N) is 1. The number of aryl methyl sites for hydroxylation is 2. The Labute approximate surface area is 118 Å². The first-order valence-corrected chi connectivity index (χ1v) is 6.50. The summed E-state index contributed by atoms with van der Waals surface area (Å²) in [5.74, 6) is 6.44. The van der Waals surface area contributed by atoms with Crippen LogP contribution >= 0.6 is 0 Å². The number of nitrogens with zero attached hydrogens (tertiary/aromatic N) is 3. The fourth-order valence-corrected chi connectivity index (χ4v) is 2.07. The van der Waals surface area contributed by atoms with Gasteiger partial charge in [0.25, 0.3) is 0 Å². The van der Waals surface area contributed by atoms with Gasteiger partial charge in [0.15, 0.2) is 0 Å². The average molecular weight is 273 g/mol. The first-order chi connectivity index (χ1) is 9.65. The van der Waals surface area contributed by atoms with Gasteiger partial charge in [-0.25, -0.2) is 5.43 Å². The van der Waals surface area contributed by atoms with Gasteiger partial charge in [-0.1, -0.05) is 0 Å². The highest BCUT2D eigenvalue weighted by Crippen LogP contribution is 2.25. The first kappa shape index (κ1) is 14.4. The van der Waals surface area contributed by atoms with E-state index in [0.29, 0.717) is 6.61 Å². The summed E-state index contributed by atoms with van der Waals surface area (Å²) in [7, 11) is 0. The molecule has 0 bridgehead atoms. The number of ether oxygens (including phenoxy) is 1. The molecule has 0 aliphatic carbocycles. The standard InChI is InChI=1S/C14H19N5O/c1-4-20-12-6-11(7-16-8-12)14(17-15)13-5-9(2)18-19-10(13)3/h5-8,14,17H,4,15H2,1-3H3. The second-order valence-electron chi connectivity index (χ2n) is 4.51. The summed E-state index contributed by atoms with van der Waals surface area (Å²) in [6.45, 7) is 6.34. The lowest BCUT2D eigenvalue weighted by Crippen LogP contribution is -2.30. The number of hydrazine groups is 1. The van der Waals surface area contributed by atoms with Crippen molar-refractivity contribution in [2.24, 2.45) is 5.84 Å². The quantitative estimate of drug-likeness (QED) is 0.633. The minimum Gasteiger partial charge on any atom is -0.492 e. The third kappa shape index (κ3) is 3.09. The largest absolute Gasteiger partial charge is 0.492 e. The molecule has 0 fully saturated rings. The first-order valence-electron chi connectivity index (χ1n) is 6.50. The molecule has 0 saturated heterocycles. The van der Waals surface area contributed by atoms with Crippen LogP contribution in [0.3, 0.4) is 0 Å². The van der Waals surface area contributed by atoms with Crippen molar-refractivity contribution in [3.05, 3.63) is 47.0 Å². The van der Waals surface area contributed by atoms with E-state index in [1.54, 1.807) is 12.4 Å². The Morgan fingerprint density at radius 1 is 1.25 bits per heavy atom. The van der Waals surface area contributed by atoms with Crippen molar-refractivity contribution >= 4 is 0 Å². The molecule has 0 saturated carbocycles. The maximum absolute atomic E-state index is 5.71. The normalized spacial score (nSPS) is 12.2. The fraction of sp³-hybridized carbons (Fsp3) is 0.357. The SMILES string of the molecule is CCOc1cncc(C(NN)c2cc(C)nnc2C)c1. The summed E-state index contributed by atoms with van der Waals surface area (Å²) in [6, 6.07) is 3.70. The predicted octanol–water partition coefficient (Wildman–Crippen LogP) is 1.44. The summed E-state index contributed by atoms with van der Waals surface area (Å²) in [5.41, 5.74) is 6.40. The van der Waals surface area contributed by atoms with Gasteiger partial charge in [0.2, 0.25) is 0 Å². The zero-order valence-electron chi connectivity index (χ0n) is 11.9. The van der Waals surface area contributed by atoms with E-state index < -0.39 is 0 Å². The highest BCUT2D eigenvalue weighted by molar-refractivity contribution is 5.35. The third-order valence-electron chi connectivity index (χ3n) is 3.00. The Morgan fingerprint density at radius 2 is 2.05 bits per heavy atom. The smallest absolute Gasteiger partial charge is 0.137 e. The van der Waals surface area contributed by atoms with Crippen LogP contribution in [-0.2, 0) is 0 Å². The number of rotatable bonds is 5. The van der Waals surface area contributed by atoms with E-state index in [4.69, 9.17) is 10.6 Å². The third-order valence-corrected chi connectivity index (χ3v) is 3.00. The summed E-state index contributed by atoms with van der Waals surface area (Å²) < 4.78 is 5.47. The number of aromatic nitrogens is 3. The number of hydrogen-bond donors (Lipinski definition) is 2. The molecule has 0 spiro atoms. The molecular formula is C14H19N5O. The molecule has 20 heavy (non-hydrogen) atoms. The van der Waals surface area contributed by atoms with Crippen molar-refractivity contribution in [3.63, 3.8) is 0 Å². The van der Waals surface area contributed by atoms with Gasteiger partial charge in [-0.15, -0.1) is 0 Å². The van der Waals surface area contributed by atoms with Crippen LogP contribution in [0.4, 0.5) is 0 Å². The van der Waals surface area contributed by atoms with Crippen LogP contribution in [0.5, 0.6) is 5.75 Å². The lowest BCUT2D eigenvalue weighted by Gasteiger charge is -2.18. The van der Waals surface area contributed by atoms with Crippen LogP contribution in [0, 0.1) is 13.8 Å². The van der Waals surface area contributed by atoms with Crippen LogP contribution in [0.25, 0.3) is 0 Å². The van der Waals surface area contributed by atoms with Crippen LogP contribution in [0.15, 0.2) is 24.5 Å². The van der Waals surface area contributed by atoms with Crippen molar-refractivity contribution in [1.29, 1.82) is 0 Å². The highest BCUT2D eigenvalue weighted by atomic mass is 16.5.